The molecular weight excluding hydrogens is 338 g/mol. The van der Waals surface area contributed by atoms with Gasteiger partial charge in [0.25, 0.3) is 0 Å². The third-order valence-corrected chi connectivity index (χ3v) is 5.27. The van der Waals surface area contributed by atoms with Gasteiger partial charge in [0, 0.05) is 19.7 Å². The summed E-state index contributed by atoms with van der Waals surface area (Å²) >= 11 is 0. The second-order valence-electron chi connectivity index (χ2n) is 7.19. The summed E-state index contributed by atoms with van der Waals surface area (Å²) < 4.78 is 7.81. The van der Waals surface area contributed by atoms with E-state index in [9.17, 15) is 4.79 Å². The second kappa shape index (κ2) is 8.35. The number of hydrogen-bond donors (Lipinski definition) is 0. The number of likely N-dealkylation sites (tertiary alicyclic amines) is 1. The molecule has 5 heteroatoms. The van der Waals surface area contributed by atoms with Crippen LogP contribution in [0.2, 0.25) is 0 Å². The van der Waals surface area contributed by atoms with E-state index < -0.39 is 0 Å². The summed E-state index contributed by atoms with van der Waals surface area (Å²) in [5.41, 5.74) is 3.15. The molecular formula is C22H25N3O2. The molecule has 5 nitrogen and oxygen atoms in total. The summed E-state index contributed by atoms with van der Waals surface area (Å²) in [5.74, 6) is 0.702. The molecule has 140 valence electrons. The number of hydrogen-bond acceptors (Lipinski definition) is 3. The molecule has 1 fully saturated rings. The summed E-state index contributed by atoms with van der Waals surface area (Å²) in [7, 11) is 0. The number of carbonyl (C=O) groups is 1. The fraction of sp³-hybridized carbons (Fsp3) is 0.364. The third kappa shape index (κ3) is 4.37. The lowest BCUT2D eigenvalue weighted by Crippen LogP contribution is -2.41. The largest absolute Gasteiger partial charge is 0.376 e. The van der Waals surface area contributed by atoms with Gasteiger partial charge in [-0.15, -0.1) is 0 Å². The van der Waals surface area contributed by atoms with Crippen LogP contribution < -0.4 is 0 Å². The van der Waals surface area contributed by atoms with Crippen LogP contribution in [0.1, 0.15) is 18.4 Å². The third-order valence-electron chi connectivity index (χ3n) is 5.27. The molecule has 2 heterocycles. The Morgan fingerprint density at radius 1 is 1.04 bits per heavy atom. The maximum Gasteiger partial charge on any atom is 0.242 e. The molecule has 2 aromatic carbocycles. The fourth-order valence-electron chi connectivity index (χ4n) is 3.65. The zero-order valence-electron chi connectivity index (χ0n) is 15.5. The highest BCUT2D eigenvalue weighted by molar-refractivity contribution is 5.80. The van der Waals surface area contributed by atoms with Crippen molar-refractivity contribution in [2.75, 3.05) is 19.7 Å². The number of piperidine rings is 1. The summed E-state index contributed by atoms with van der Waals surface area (Å²) in [5, 5.41) is 0. The highest BCUT2D eigenvalue weighted by Crippen LogP contribution is 2.19. The van der Waals surface area contributed by atoms with Crippen molar-refractivity contribution in [1.82, 2.24) is 14.5 Å². The van der Waals surface area contributed by atoms with Crippen molar-refractivity contribution in [2.45, 2.75) is 26.0 Å². The minimum Gasteiger partial charge on any atom is -0.376 e. The molecule has 27 heavy (non-hydrogen) atoms. The monoisotopic (exact) mass is 363 g/mol. The predicted molar refractivity (Wildman–Crippen MR) is 105 cm³/mol. The first-order valence-corrected chi connectivity index (χ1v) is 9.59. The van der Waals surface area contributed by atoms with Crippen molar-refractivity contribution in [2.24, 2.45) is 5.92 Å². The molecule has 0 N–H and O–H groups in total. The van der Waals surface area contributed by atoms with Crippen LogP contribution in [0.25, 0.3) is 11.0 Å². The molecule has 1 aliphatic rings. The molecule has 4 rings (SSSR count). The van der Waals surface area contributed by atoms with Crippen LogP contribution in [-0.2, 0) is 22.7 Å². The van der Waals surface area contributed by atoms with Crippen LogP contribution in [0.3, 0.4) is 0 Å². The second-order valence-corrected chi connectivity index (χ2v) is 7.19. The smallest absolute Gasteiger partial charge is 0.242 e. The Morgan fingerprint density at radius 2 is 1.78 bits per heavy atom. The Kier molecular flexibility index (Phi) is 5.49. The molecule has 1 aromatic heterocycles. The highest BCUT2D eigenvalue weighted by Gasteiger charge is 2.23. The minimum atomic E-state index is 0.168. The molecule has 3 aromatic rings. The molecule has 0 aliphatic carbocycles. The number of nitrogens with zero attached hydrogens (tertiary/aromatic N) is 3. The summed E-state index contributed by atoms with van der Waals surface area (Å²) in [6, 6.07) is 18.2. The van der Waals surface area contributed by atoms with Crippen LogP contribution in [-0.4, -0.2) is 40.1 Å². The molecule has 0 bridgehead atoms. The van der Waals surface area contributed by atoms with Crippen molar-refractivity contribution in [1.29, 1.82) is 0 Å². The molecule has 0 radical (unpaired) electrons. The van der Waals surface area contributed by atoms with E-state index in [2.05, 4.69) is 17.1 Å². The van der Waals surface area contributed by atoms with Gasteiger partial charge in [-0.3, -0.25) is 4.79 Å². The summed E-state index contributed by atoms with van der Waals surface area (Å²) in [4.78, 5) is 19.0. The van der Waals surface area contributed by atoms with Crippen LogP contribution in [0, 0.1) is 5.92 Å². The Morgan fingerprint density at radius 3 is 2.59 bits per heavy atom. The van der Waals surface area contributed by atoms with Crippen molar-refractivity contribution in [3.05, 3.63) is 66.5 Å². The number of benzene rings is 2. The Balaban J connectivity index is 1.23. The van der Waals surface area contributed by atoms with Gasteiger partial charge in [-0.2, -0.15) is 0 Å². The lowest BCUT2D eigenvalue weighted by atomic mass is 9.98. The lowest BCUT2D eigenvalue weighted by molar-refractivity contribution is -0.133. The first kappa shape index (κ1) is 17.7. The number of aromatic nitrogens is 2. The van der Waals surface area contributed by atoms with Crippen LogP contribution in [0.15, 0.2) is 60.9 Å². The average molecular weight is 363 g/mol. The van der Waals surface area contributed by atoms with Gasteiger partial charge in [0.1, 0.15) is 6.54 Å². The standard InChI is InChI=1S/C22H25N3O2/c26-22(14-25-17-23-20-8-4-5-9-21(20)25)24-12-10-19(11-13-24)16-27-15-18-6-2-1-3-7-18/h1-9,17,19H,10-16H2. The molecule has 1 saturated heterocycles. The number of amides is 1. The van der Waals surface area contributed by atoms with E-state index in [1.54, 1.807) is 6.33 Å². The van der Waals surface area contributed by atoms with Crippen molar-refractivity contribution in [3.63, 3.8) is 0 Å². The summed E-state index contributed by atoms with van der Waals surface area (Å²) in [6.07, 6.45) is 3.77. The maximum atomic E-state index is 12.7. The fourth-order valence-corrected chi connectivity index (χ4v) is 3.65. The van der Waals surface area contributed by atoms with Gasteiger partial charge in [-0.05, 0) is 36.5 Å². The molecule has 1 amide bonds. The van der Waals surface area contributed by atoms with Crippen molar-refractivity contribution < 1.29 is 9.53 Å². The molecule has 0 unspecified atom stereocenters. The van der Waals surface area contributed by atoms with Gasteiger partial charge in [0.05, 0.1) is 24.0 Å². The van der Waals surface area contributed by atoms with E-state index in [-0.39, 0.29) is 5.91 Å². The number of imidazole rings is 1. The lowest BCUT2D eigenvalue weighted by Gasteiger charge is -2.32. The zero-order chi connectivity index (χ0) is 18.5. The minimum absolute atomic E-state index is 0.168. The van der Waals surface area contributed by atoms with Crippen LogP contribution >= 0.6 is 0 Å². The normalized spacial score (nSPS) is 15.3. The SMILES string of the molecule is O=C(Cn1cnc2ccccc21)N1CCC(COCc2ccccc2)CC1. The average Bonchev–Trinajstić information content (AvgIpc) is 3.12. The Labute approximate surface area is 159 Å². The van der Waals surface area contributed by atoms with Crippen molar-refractivity contribution in [3.8, 4) is 0 Å². The van der Waals surface area contributed by atoms with E-state index in [1.165, 1.54) is 5.56 Å². The zero-order valence-corrected chi connectivity index (χ0v) is 15.5. The number of rotatable bonds is 6. The maximum absolute atomic E-state index is 12.7. The first-order chi connectivity index (χ1) is 13.3. The van der Waals surface area contributed by atoms with E-state index in [1.807, 2.05) is 51.9 Å². The van der Waals surface area contributed by atoms with Gasteiger partial charge in [0.15, 0.2) is 0 Å². The number of fused-ring (bicyclic) bond motifs is 1. The Bertz CT molecular complexity index is 883. The molecule has 1 aliphatic heterocycles. The quantitative estimate of drug-likeness (QED) is 0.673. The molecule has 0 atom stereocenters. The van der Waals surface area contributed by atoms with E-state index >= 15 is 0 Å². The van der Waals surface area contributed by atoms with Gasteiger partial charge in [-0.25, -0.2) is 4.98 Å². The molecule has 0 spiro atoms. The first-order valence-electron chi connectivity index (χ1n) is 9.59. The van der Waals surface area contributed by atoms with E-state index in [0.29, 0.717) is 19.1 Å². The number of ether oxygens (including phenoxy) is 1. The highest BCUT2D eigenvalue weighted by atomic mass is 16.5. The van der Waals surface area contributed by atoms with E-state index in [0.717, 1.165) is 43.6 Å². The Hall–Kier alpha value is -2.66. The number of carbonyl (C=O) groups excluding carboxylic acids is 1. The van der Waals surface area contributed by atoms with Gasteiger partial charge < -0.3 is 14.2 Å². The topological polar surface area (TPSA) is 47.4 Å². The number of para-hydroxylation sites is 2. The van der Waals surface area contributed by atoms with Crippen LogP contribution in [0.5, 0.6) is 0 Å². The predicted octanol–water partition coefficient (Wildman–Crippen LogP) is 3.49. The van der Waals surface area contributed by atoms with Gasteiger partial charge in [-0.1, -0.05) is 42.5 Å². The van der Waals surface area contributed by atoms with Gasteiger partial charge >= 0.3 is 0 Å². The van der Waals surface area contributed by atoms with Gasteiger partial charge in [0.2, 0.25) is 5.91 Å². The van der Waals surface area contributed by atoms with Crippen molar-refractivity contribution >= 4 is 16.9 Å². The van der Waals surface area contributed by atoms with E-state index in [4.69, 9.17) is 4.74 Å². The molecule has 0 saturated carbocycles. The summed E-state index contributed by atoms with van der Waals surface area (Å²) in [6.45, 7) is 3.40. The van der Waals surface area contributed by atoms with Crippen LogP contribution in [0.4, 0.5) is 0 Å².